The Bertz CT molecular complexity index is 2210. The van der Waals surface area contributed by atoms with Gasteiger partial charge in [0, 0.05) is 19.8 Å². The zero-order valence-corrected chi connectivity index (χ0v) is 57.1. The van der Waals surface area contributed by atoms with E-state index in [2.05, 4.69) is 36.7 Å². The molecule has 0 aromatic carbocycles. The number of aliphatic hydroxyl groups excluding tert-OH is 13. The van der Waals surface area contributed by atoms with Crippen LogP contribution in [-0.4, -0.2) is 261 Å². The summed E-state index contributed by atoms with van der Waals surface area (Å²) in [5.74, 6) is -13.2. The smallest absolute Gasteiger partial charge is 0.364 e. The third-order valence-electron chi connectivity index (χ3n) is 18.2. The highest BCUT2D eigenvalue weighted by atomic mass is 16.8. The fraction of sp³-hybridized carbons (Fsp3) is 0.896. The van der Waals surface area contributed by atoms with E-state index in [1.165, 1.54) is 102 Å². The Morgan fingerprint density at radius 2 is 1.07 bits per heavy atom. The Balaban J connectivity index is 1.83. The molecule has 3 fully saturated rings. The number of nitrogens with one attached hydrogen (secondary N) is 3. The molecule has 3 aliphatic heterocycles. The van der Waals surface area contributed by atoms with Crippen LogP contribution in [0.5, 0.6) is 0 Å². The molecule has 3 saturated heterocycles. The van der Waals surface area contributed by atoms with Gasteiger partial charge in [0.25, 0.3) is 11.6 Å². The number of aliphatic carboxylic acids is 2. The van der Waals surface area contributed by atoms with E-state index >= 15 is 0 Å². The fourth-order valence-corrected chi connectivity index (χ4v) is 12.4. The number of carboxylic acids is 2. The van der Waals surface area contributed by atoms with Crippen LogP contribution in [0.4, 0.5) is 0 Å². The summed E-state index contributed by atoms with van der Waals surface area (Å²) in [7, 11) is 0. The van der Waals surface area contributed by atoms with Gasteiger partial charge in [0.05, 0.1) is 62.9 Å². The maximum atomic E-state index is 13.6. The molecule has 3 amide bonds. The number of carbonyl (C=O) groups is 5. The van der Waals surface area contributed by atoms with Gasteiger partial charge in [0.15, 0.2) is 6.29 Å². The number of carbonyl (C=O) groups excluding carboxylic acids is 3. The minimum absolute atomic E-state index is 0.119. The number of ether oxygens (including phenoxy) is 6. The van der Waals surface area contributed by atoms with Gasteiger partial charge < -0.3 is 121 Å². The summed E-state index contributed by atoms with van der Waals surface area (Å²) in [6.45, 7) is 2.11. The van der Waals surface area contributed by atoms with Crippen LogP contribution < -0.4 is 16.0 Å². The van der Waals surface area contributed by atoms with Crippen LogP contribution in [0, 0.1) is 5.92 Å². The Labute approximate surface area is 565 Å². The van der Waals surface area contributed by atoms with Crippen LogP contribution in [0.2, 0.25) is 0 Å². The lowest BCUT2D eigenvalue weighted by molar-refractivity contribution is -0.365. The molecule has 3 aliphatic rings. The maximum absolute atomic E-state index is 13.6. The van der Waals surface area contributed by atoms with Crippen molar-refractivity contribution >= 4 is 29.7 Å². The first-order valence-corrected chi connectivity index (χ1v) is 35.3. The standard InChI is InChI=1S/C67H121N3O26/c1-5-6-7-8-9-10-11-12-13-14-15-16-17-18-21-25-28-31-34-46(76)62(86)69-44(45(75)33-30-27-24-22-19-20-23-26-29-32-42(2)3)40-91-63-59(85)58(84)57(83)51(93-63)41-92-66(64(87)88)36-50(54(68-43(4)74)61(95-66)56(82)49(79)38-72)94-67(65(89)90)35-47(77)53(70-52(80)39-73)60(96-67)55(81)48(78)37-71/h30,33,42,44-51,53-61,63,71-73,75-79,81-85H,5-29,31-32,34-41H2,1-4H3,(H,68,74)(H,69,86)(H,70,80)(H,87,88)(H,89,90)/b33-30+/t44-,45+,46+,47-,48+,49+,50-,51+,53+,54+,55+,56+,57+,58-,59+,60+,61+,63+,66+,67+/m0/s1. The predicted molar refractivity (Wildman–Crippen MR) is 347 cm³/mol. The molecule has 3 heterocycles. The summed E-state index contributed by atoms with van der Waals surface area (Å²) in [5.41, 5.74) is 0. The number of carboxylic acid groups (broad SMARTS) is 2. The van der Waals surface area contributed by atoms with Gasteiger partial charge in [-0.05, 0) is 25.2 Å². The van der Waals surface area contributed by atoms with Gasteiger partial charge in [-0.1, -0.05) is 193 Å². The van der Waals surface area contributed by atoms with E-state index in [0.717, 1.165) is 71.1 Å². The number of amides is 3. The second-order valence-corrected chi connectivity index (χ2v) is 26.8. The number of aliphatic hydroxyl groups is 13. The van der Waals surface area contributed by atoms with E-state index in [9.17, 15) is 101 Å². The van der Waals surface area contributed by atoms with E-state index in [1.807, 2.05) is 0 Å². The molecule has 0 spiro atoms. The number of allylic oxidation sites excluding steroid dienone is 1. The number of hydrogen-bond donors (Lipinski definition) is 18. The van der Waals surface area contributed by atoms with Gasteiger partial charge in [0.1, 0.15) is 73.8 Å². The van der Waals surface area contributed by atoms with E-state index in [4.69, 9.17) is 28.4 Å². The highest BCUT2D eigenvalue weighted by molar-refractivity contribution is 5.81. The van der Waals surface area contributed by atoms with Crippen molar-refractivity contribution in [2.24, 2.45) is 5.92 Å². The summed E-state index contributed by atoms with van der Waals surface area (Å²) in [6, 6.07) is -5.14. The van der Waals surface area contributed by atoms with Gasteiger partial charge in [-0.25, -0.2) is 9.59 Å². The molecule has 0 aliphatic carbocycles. The minimum Gasteiger partial charge on any atom is -0.477 e. The Hall–Kier alpha value is -3.67. The average molecular weight is 1380 g/mol. The quantitative estimate of drug-likeness (QED) is 0.0303. The minimum atomic E-state index is -3.31. The summed E-state index contributed by atoms with van der Waals surface area (Å²) in [5, 5.41) is 169. The molecule has 0 aromatic rings. The molecule has 29 nitrogen and oxygen atoms in total. The third-order valence-corrected chi connectivity index (χ3v) is 18.2. The Kier molecular flexibility index (Phi) is 42.1. The van der Waals surface area contributed by atoms with Gasteiger partial charge >= 0.3 is 11.9 Å². The van der Waals surface area contributed by atoms with Crippen molar-refractivity contribution < 1.29 is 129 Å². The van der Waals surface area contributed by atoms with Crippen molar-refractivity contribution in [3.8, 4) is 0 Å². The molecule has 20 atom stereocenters. The van der Waals surface area contributed by atoms with Crippen molar-refractivity contribution in [3.63, 3.8) is 0 Å². The third kappa shape index (κ3) is 29.5. The first kappa shape index (κ1) is 86.6. The van der Waals surface area contributed by atoms with E-state index < -0.39 is 197 Å². The molecule has 0 bridgehead atoms. The zero-order chi connectivity index (χ0) is 71.4. The van der Waals surface area contributed by atoms with Crippen molar-refractivity contribution in [3.05, 3.63) is 12.2 Å². The predicted octanol–water partition coefficient (Wildman–Crippen LogP) is 1.48. The molecule has 560 valence electrons. The first-order valence-electron chi connectivity index (χ1n) is 35.3. The van der Waals surface area contributed by atoms with Crippen LogP contribution in [0.3, 0.4) is 0 Å². The monoisotopic (exact) mass is 1380 g/mol. The number of hydrogen-bond acceptors (Lipinski definition) is 24. The fourth-order valence-electron chi connectivity index (χ4n) is 12.4. The van der Waals surface area contributed by atoms with Crippen LogP contribution in [-0.2, 0) is 52.4 Å². The number of unbranched alkanes of at least 4 members (excludes halogenated alkanes) is 24. The van der Waals surface area contributed by atoms with Crippen LogP contribution in [0.25, 0.3) is 0 Å². The summed E-state index contributed by atoms with van der Waals surface area (Å²) >= 11 is 0. The lowest BCUT2D eigenvalue weighted by atomic mass is 9.86. The molecular formula is C67H121N3O26. The Morgan fingerprint density at radius 3 is 1.55 bits per heavy atom. The van der Waals surface area contributed by atoms with Gasteiger partial charge in [-0.15, -0.1) is 0 Å². The zero-order valence-electron chi connectivity index (χ0n) is 57.1. The molecule has 3 rings (SSSR count). The normalized spacial score (nSPS) is 28.5. The van der Waals surface area contributed by atoms with E-state index in [-0.39, 0.29) is 6.42 Å². The van der Waals surface area contributed by atoms with E-state index in [0.29, 0.717) is 18.8 Å². The highest BCUT2D eigenvalue weighted by Gasteiger charge is 2.63. The van der Waals surface area contributed by atoms with Crippen LogP contribution in [0.15, 0.2) is 12.2 Å². The Morgan fingerprint density at radius 1 is 0.594 bits per heavy atom. The largest absolute Gasteiger partial charge is 0.477 e. The summed E-state index contributed by atoms with van der Waals surface area (Å²) in [4.78, 5) is 65.8. The van der Waals surface area contributed by atoms with Crippen LogP contribution >= 0.6 is 0 Å². The van der Waals surface area contributed by atoms with Crippen molar-refractivity contribution in [2.45, 2.75) is 342 Å². The average Bonchev–Trinajstić information content (AvgIpc) is 0.745. The molecule has 29 heteroatoms. The van der Waals surface area contributed by atoms with Gasteiger partial charge in [0.2, 0.25) is 17.7 Å². The van der Waals surface area contributed by atoms with Crippen molar-refractivity contribution in [2.75, 3.05) is 33.0 Å². The van der Waals surface area contributed by atoms with E-state index in [1.54, 1.807) is 6.08 Å². The molecule has 0 saturated carbocycles. The number of rotatable bonds is 52. The molecule has 0 radical (unpaired) electrons. The summed E-state index contributed by atoms with van der Waals surface area (Å²) < 4.78 is 35.2. The maximum Gasteiger partial charge on any atom is 0.364 e. The second-order valence-electron chi connectivity index (χ2n) is 26.8. The first-order chi connectivity index (χ1) is 45.7. The summed E-state index contributed by atoms with van der Waals surface area (Å²) in [6.07, 6.45) is -0.0672. The molecule has 0 unspecified atom stereocenters. The van der Waals surface area contributed by atoms with Gasteiger partial charge in [-0.3, -0.25) is 14.4 Å². The molecule has 96 heavy (non-hydrogen) atoms. The lowest BCUT2D eigenvalue weighted by Crippen LogP contribution is -2.72. The second kappa shape index (κ2) is 46.7. The van der Waals surface area contributed by atoms with Crippen molar-refractivity contribution in [1.29, 1.82) is 0 Å². The molecular weight excluding hydrogens is 1260 g/mol. The van der Waals surface area contributed by atoms with Crippen molar-refractivity contribution in [1.82, 2.24) is 16.0 Å². The topological polar surface area (TPSA) is 480 Å². The highest BCUT2D eigenvalue weighted by Crippen LogP contribution is 2.42. The lowest BCUT2D eigenvalue weighted by Gasteiger charge is -2.52. The SMILES string of the molecule is CCCCCCCCCCCCCCCCCCCC[C@@H](O)C(=O)N[C@@H](CO[C@@H]1O[C@H](CO[C@]2(C(=O)O)C[C@H](O[C@]3(C(=O)O)C[C@H](O)[C@@H](NC(=O)CO)[C@H]([C@H](O)[C@H](O)CO)O3)[C@@H](NC(C)=O)[C@H]([C@H](O)[C@H](O)CO)O2)[C@@H](O)[C@H](O)[C@H]1O)[C@H](O)/C=C/CCCCCCCCCC(C)C. The molecule has 0 aromatic heterocycles. The molecule has 18 N–H and O–H groups in total. The van der Waals surface area contributed by atoms with Gasteiger partial charge in [-0.2, -0.15) is 0 Å². The van der Waals surface area contributed by atoms with Crippen LogP contribution in [0.1, 0.15) is 220 Å².